The summed E-state index contributed by atoms with van der Waals surface area (Å²) in [5.41, 5.74) is 6.12. The molecule has 2 amide bonds. The maximum Gasteiger partial charge on any atom is 0.263 e. The fraction of sp³-hybridized carbons (Fsp3) is 0.320. The van der Waals surface area contributed by atoms with Crippen molar-refractivity contribution in [2.75, 3.05) is 30.6 Å². The Morgan fingerprint density at radius 3 is 2.56 bits per heavy atom. The third-order valence-electron chi connectivity index (χ3n) is 6.20. The summed E-state index contributed by atoms with van der Waals surface area (Å²) >= 11 is 0. The van der Waals surface area contributed by atoms with Gasteiger partial charge in [-0.2, -0.15) is 5.10 Å². The molecule has 2 aliphatic rings. The van der Waals surface area contributed by atoms with Crippen LogP contribution in [-0.4, -0.2) is 48.0 Å². The number of ether oxygens (including phenoxy) is 2. The van der Waals surface area contributed by atoms with Crippen LogP contribution in [0.1, 0.15) is 17.5 Å². The van der Waals surface area contributed by atoms with Crippen LogP contribution in [0.3, 0.4) is 0 Å². The van der Waals surface area contributed by atoms with Crippen LogP contribution >= 0.6 is 0 Å². The van der Waals surface area contributed by atoms with Gasteiger partial charge < -0.3 is 20.1 Å². The molecular weight excluding hydrogens is 462 g/mol. The second kappa shape index (κ2) is 9.88. The Hall–Kier alpha value is -4.09. The number of carbonyl (C=O) groups excluding carboxylic acids is 2. The molecule has 3 unspecified atom stereocenters. The van der Waals surface area contributed by atoms with Crippen molar-refractivity contribution in [3.8, 4) is 11.5 Å². The number of benzene rings is 2. The van der Waals surface area contributed by atoms with Crippen LogP contribution < -0.4 is 35.9 Å². The standard InChI is InChI=1S/C25H29N7O4/c1-15-4-6-17(7-5-15)31-23-20(13-26-31)24(34)29-25(28-23)32-21(12-16(2)30-32)27-22(33)14-36-19-10-8-18(35-3)9-11-19/h4-12,20,23,25-26,28H,13-14H2,1-3H3,(H,27,33)(H,29,34). The average Bonchev–Trinajstić information content (AvgIpc) is 3.47. The van der Waals surface area contributed by atoms with Gasteiger partial charge in [-0.1, -0.05) is 17.7 Å². The van der Waals surface area contributed by atoms with E-state index in [4.69, 9.17) is 9.47 Å². The molecule has 3 aromatic rings. The summed E-state index contributed by atoms with van der Waals surface area (Å²) in [6, 6.07) is 16.8. The lowest BCUT2D eigenvalue weighted by molar-refractivity contribution is -0.129. The van der Waals surface area contributed by atoms with Gasteiger partial charge in [-0.15, -0.1) is 0 Å². The summed E-state index contributed by atoms with van der Waals surface area (Å²) in [5, 5.41) is 15.7. The smallest absolute Gasteiger partial charge is 0.263 e. The van der Waals surface area contributed by atoms with E-state index in [2.05, 4.69) is 26.5 Å². The molecule has 188 valence electrons. The number of hydrogen-bond acceptors (Lipinski definition) is 8. The van der Waals surface area contributed by atoms with Crippen LogP contribution in [0.15, 0.2) is 54.6 Å². The van der Waals surface area contributed by atoms with Crippen molar-refractivity contribution in [3.05, 3.63) is 65.9 Å². The van der Waals surface area contributed by atoms with Crippen molar-refractivity contribution < 1.29 is 19.1 Å². The number of hydrogen-bond donors (Lipinski definition) is 4. The topological polar surface area (TPSA) is 122 Å². The number of amides is 2. The van der Waals surface area contributed by atoms with Crippen molar-refractivity contribution >= 4 is 23.3 Å². The van der Waals surface area contributed by atoms with Crippen LogP contribution in [0, 0.1) is 19.8 Å². The predicted octanol–water partition coefficient (Wildman–Crippen LogP) is 1.67. The van der Waals surface area contributed by atoms with Gasteiger partial charge in [-0.05, 0) is 50.2 Å². The molecule has 1 aromatic heterocycles. The molecule has 3 heterocycles. The van der Waals surface area contributed by atoms with Gasteiger partial charge in [0.05, 0.1) is 24.4 Å². The monoisotopic (exact) mass is 491 g/mol. The molecule has 5 rings (SSSR count). The number of rotatable bonds is 7. The van der Waals surface area contributed by atoms with Crippen molar-refractivity contribution in [1.29, 1.82) is 0 Å². The number of hydrazine groups is 1. The SMILES string of the molecule is COc1ccc(OCC(=O)Nc2cc(C)nn2C2NC(=O)C3CNN(c4ccc(C)cc4)C3N2)cc1. The van der Waals surface area contributed by atoms with Crippen LogP contribution in [0.2, 0.25) is 0 Å². The minimum absolute atomic E-state index is 0.0980. The van der Waals surface area contributed by atoms with E-state index >= 15 is 0 Å². The first-order chi connectivity index (χ1) is 17.4. The number of aromatic nitrogens is 2. The largest absolute Gasteiger partial charge is 0.497 e. The van der Waals surface area contributed by atoms with Crippen LogP contribution in [0.5, 0.6) is 11.5 Å². The van der Waals surface area contributed by atoms with Crippen molar-refractivity contribution in [1.82, 2.24) is 25.8 Å². The Balaban J connectivity index is 1.28. The Morgan fingerprint density at radius 2 is 1.83 bits per heavy atom. The molecule has 2 saturated heterocycles. The number of anilines is 2. The van der Waals surface area contributed by atoms with E-state index in [0.717, 1.165) is 11.3 Å². The minimum Gasteiger partial charge on any atom is -0.497 e. The summed E-state index contributed by atoms with van der Waals surface area (Å²) in [6.07, 6.45) is -0.948. The van der Waals surface area contributed by atoms with E-state index in [1.165, 1.54) is 0 Å². The minimum atomic E-state index is -0.655. The van der Waals surface area contributed by atoms with Gasteiger partial charge in [0.2, 0.25) is 5.91 Å². The van der Waals surface area contributed by atoms with Crippen molar-refractivity contribution in [2.24, 2.45) is 5.92 Å². The normalized spacial score (nSPS) is 21.0. The highest BCUT2D eigenvalue weighted by atomic mass is 16.5. The Bertz CT molecular complexity index is 1240. The third kappa shape index (κ3) is 4.83. The molecule has 3 atom stereocenters. The predicted molar refractivity (Wildman–Crippen MR) is 133 cm³/mol. The molecule has 11 heteroatoms. The second-order valence-electron chi connectivity index (χ2n) is 8.82. The average molecular weight is 492 g/mol. The van der Waals surface area contributed by atoms with Gasteiger partial charge in [0.1, 0.15) is 23.5 Å². The van der Waals surface area contributed by atoms with E-state index in [1.54, 1.807) is 42.1 Å². The summed E-state index contributed by atoms with van der Waals surface area (Å²) in [7, 11) is 1.58. The zero-order valence-electron chi connectivity index (χ0n) is 20.3. The van der Waals surface area contributed by atoms with E-state index in [1.807, 2.05) is 43.1 Å². The van der Waals surface area contributed by atoms with Gasteiger partial charge in [-0.3, -0.25) is 19.9 Å². The molecule has 0 radical (unpaired) electrons. The summed E-state index contributed by atoms with van der Waals surface area (Å²) in [5.74, 6) is 0.965. The Morgan fingerprint density at radius 1 is 1.11 bits per heavy atom. The fourth-order valence-electron chi connectivity index (χ4n) is 4.35. The molecule has 2 aliphatic heterocycles. The lowest BCUT2D eigenvalue weighted by Crippen LogP contribution is -2.61. The van der Waals surface area contributed by atoms with Gasteiger partial charge in [0, 0.05) is 12.6 Å². The lowest BCUT2D eigenvalue weighted by Gasteiger charge is -2.37. The van der Waals surface area contributed by atoms with E-state index in [-0.39, 0.29) is 30.5 Å². The third-order valence-corrected chi connectivity index (χ3v) is 6.20. The number of fused-ring (bicyclic) bond motifs is 1. The first-order valence-electron chi connectivity index (χ1n) is 11.7. The second-order valence-corrected chi connectivity index (χ2v) is 8.82. The van der Waals surface area contributed by atoms with Crippen LogP contribution in [0.25, 0.3) is 0 Å². The molecule has 36 heavy (non-hydrogen) atoms. The van der Waals surface area contributed by atoms with E-state index in [0.29, 0.717) is 29.6 Å². The molecular formula is C25H29N7O4. The number of aryl methyl sites for hydroxylation is 2. The molecule has 0 saturated carbocycles. The van der Waals surface area contributed by atoms with Gasteiger partial charge in [0.25, 0.3) is 5.91 Å². The molecule has 0 aliphatic carbocycles. The highest BCUT2D eigenvalue weighted by molar-refractivity contribution is 5.91. The highest BCUT2D eigenvalue weighted by Gasteiger charge is 2.45. The zero-order chi connectivity index (χ0) is 25.2. The first kappa shape index (κ1) is 23.6. The van der Waals surface area contributed by atoms with Crippen molar-refractivity contribution in [2.45, 2.75) is 26.3 Å². The highest BCUT2D eigenvalue weighted by Crippen LogP contribution is 2.28. The van der Waals surface area contributed by atoms with E-state index in [9.17, 15) is 9.59 Å². The summed E-state index contributed by atoms with van der Waals surface area (Å²) in [6.45, 7) is 4.18. The Kier molecular flexibility index (Phi) is 6.49. The Labute approximate surface area is 208 Å². The number of nitrogens with zero attached hydrogens (tertiary/aromatic N) is 3. The summed E-state index contributed by atoms with van der Waals surface area (Å²) < 4.78 is 12.3. The lowest BCUT2D eigenvalue weighted by atomic mass is 10.0. The van der Waals surface area contributed by atoms with Gasteiger partial charge in [-0.25, -0.2) is 10.1 Å². The fourth-order valence-corrected chi connectivity index (χ4v) is 4.35. The first-order valence-corrected chi connectivity index (χ1v) is 11.7. The van der Waals surface area contributed by atoms with Gasteiger partial charge in [0.15, 0.2) is 12.9 Å². The molecule has 4 N–H and O–H groups in total. The maximum absolute atomic E-state index is 13.0. The number of nitrogens with one attached hydrogen (secondary N) is 4. The van der Waals surface area contributed by atoms with E-state index < -0.39 is 6.29 Å². The quantitative estimate of drug-likeness (QED) is 0.394. The number of methoxy groups -OCH3 is 1. The maximum atomic E-state index is 13.0. The van der Waals surface area contributed by atoms with Crippen LogP contribution in [0.4, 0.5) is 11.5 Å². The molecule has 2 fully saturated rings. The molecule has 0 bridgehead atoms. The molecule has 0 spiro atoms. The van der Waals surface area contributed by atoms with Crippen LogP contribution in [-0.2, 0) is 9.59 Å². The molecule has 2 aromatic carbocycles. The van der Waals surface area contributed by atoms with Crippen molar-refractivity contribution in [3.63, 3.8) is 0 Å². The van der Waals surface area contributed by atoms with Gasteiger partial charge >= 0.3 is 0 Å². The zero-order valence-corrected chi connectivity index (χ0v) is 20.3. The molecule has 11 nitrogen and oxygen atoms in total. The number of carbonyl (C=O) groups is 2. The summed E-state index contributed by atoms with van der Waals surface area (Å²) in [4.78, 5) is 25.6.